The molecule has 0 aromatic heterocycles. The number of nitrogens with zero attached hydrogens (tertiary/aromatic N) is 9. The Balaban J connectivity index is 4.60. The first-order valence-corrected chi connectivity index (χ1v) is 34.1. The molecule has 1 rings (SSSR count). The molecule has 1 unspecified atom stereocenters. The van der Waals surface area contributed by atoms with Gasteiger partial charge in [0.05, 0.1) is 6.10 Å². The molecule has 13 atom stereocenters. The number of ether oxygens (including phenoxy) is 1. The molecule has 25 heteroatoms. The van der Waals surface area contributed by atoms with Crippen molar-refractivity contribution in [1.82, 2.24) is 60.0 Å². The molecule has 0 aromatic carbocycles. The van der Waals surface area contributed by atoms with Crippen LogP contribution in [0, 0.1) is 41.4 Å². The maximum absolute atomic E-state index is 15.7. The summed E-state index contributed by atoms with van der Waals surface area (Å²) in [5, 5.41) is 20.5. The highest BCUT2D eigenvalue weighted by Crippen LogP contribution is 2.28. The topological polar surface area (TPSA) is 282 Å². The molecular weight excluding hydrogens is 1200 g/mol. The zero-order valence-electron chi connectivity index (χ0n) is 62.6. The van der Waals surface area contributed by atoms with Gasteiger partial charge in [0, 0.05) is 63.0 Å². The van der Waals surface area contributed by atoms with Gasteiger partial charge in [-0.25, -0.2) is 0 Å². The van der Waals surface area contributed by atoms with E-state index < -0.39 is 155 Å². The van der Waals surface area contributed by atoms with Crippen molar-refractivity contribution in [3.8, 4) is 0 Å². The lowest BCUT2D eigenvalue weighted by atomic mass is 9.91. The van der Waals surface area contributed by atoms with E-state index in [0.29, 0.717) is 25.8 Å². The Morgan fingerprint density at radius 1 is 0.479 bits per heavy atom. The Bertz CT molecular complexity index is 2540. The van der Waals surface area contributed by atoms with Crippen LogP contribution in [-0.4, -0.2) is 271 Å². The van der Waals surface area contributed by atoms with E-state index in [-0.39, 0.29) is 62.3 Å². The van der Waals surface area contributed by atoms with Gasteiger partial charge in [-0.15, -0.1) is 0 Å². The number of methoxy groups -OCH3 is 1. The number of allylic oxidation sites excluding steroid dienone is 2. The first-order valence-electron chi connectivity index (χ1n) is 34.1. The number of aliphatic hydroxyl groups excluding tert-OH is 1. The number of unbranched alkanes of at least 4 members (excludes halogenated alkanes) is 1. The summed E-state index contributed by atoms with van der Waals surface area (Å²) < 4.78 is 5.81. The van der Waals surface area contributed by atoms with E-state index in [1.54, 1.807) is 60.6 Å². The van der Waals surface area contributed by atoms with Crippen molar-refractivity contribution < 1.29 is 62.6 Å². The minimum atomic E-state index is -1.67. The molecule has 0 bridgehead atoms. The number of carbonyl (C=O) groups excluding carboxylic acids is 11. The van der Waals surface area contributed by atoms with Crippen LogP contribution in [0.15, 0.2) is 12.2 Å². The van der Waals surface area contributed by atoms with Gasteiger partial charge in [-0.1, -0.05) is 109 Å². The molecule has 4 N–H and O–H groups in total. The fourth-order valence-electron chi connectivity index (χ4n) is 12.2. The van der Waals surface area contributed by atoms with Gasteiger partial charge in [-0.05, 0) is 134 Å². The van der Waals surface area contributed by atoms with Crippen molar-refractivity contribution in [3.63, 3.8) is 0 Å². The molecule has 0 aromatic rings. The van der Waals surface area contributed by atoms with E-state index >= 15 is 33.6 Å². The molecule has 0 aliphatic carbocycles. The van der Waals surface area contributed by atoms with E-state index in [2.05, 4.69) is 16.0 Å². The van der Waals surface area contributed by atoms with E-state index in [0.717, 1.165) is 9.80 Å². The summed E-state index contributed by atoms with van der Waals surface area (Å²) in [7, 11) is 15.0. The second kappa shape index (κ2) is 39.7. The molecule has 0 radical (unpaired) electrons. The molecule has 0 saturated carbocycles. The smallest absolute Gasteiger partial charge is 0.273 e. The van der Waals surface area contributed by atoms with Crippen LogP contribution in [0.3, 0.4) is 0 Å². The monoisotopic (exact) mass is 1330 g/mol. The molecule has 1 saturated heterocycles. The van der Waals surface area contributed by atoms with Crippen LogP contribution in [-0.2, 0) is 57.5 Å². The number of hydrogen-bond acceptors (Lipinski definition) is 14. The number of likely N-dealkylation sites (N-methyl/N-ethyl adjacent to an activating group) is 7. The van der Waals surface area contributed by atoms with Crippen LogP contribution < -0.4 is 16.0 Å². The second-order valence-electron chi connectivity index (χ2n) is 28.9. The molecule has 94 heavy (non-hydrogen) atoms. The summed E-state index contributed by atoms with van der Waals surface area (Å²) in [5.74, 6) is -10.1. The first kappa shape index (κ1) is 85.8. The predicted molar refractivity (Wildman–Crippen MR) is 366 cm³/mol. The van der Waals surface area contributed by atoms with Gasteiger partial charge in [-0.2, -0.15) is 0 Å². The molecule has 540 valence electrons. The van der Waals surface area contributed by atoms with Crippen molar-refractivity contribution in [2.45, 2.75) is 242 Å². The second-order valence-corrected chi connectivity index (χ2v) is 28.9. The van der Waals surface area contributed by atoms with Crippen molar-refractivity contribution in [2.75, 3.05) is 83.6 Å². The molecule has 1 aliphatic rings. The Hall–Kier alpha value is -6.21. The lowest BCUT2D eigenvalue weighted by molar-refractivity contribution is -0.167. The Morgan fingerprint density at radius 3 is 1.34 bits per heavy atom. The van der Waals surface area contributed by atoms with Crippen molar-refractivity contribution in [3.05, 3.63) is 12.2 Å². The standard InChI is InChI=1S/C69H126N12O13/c1-28-30-33-46(15)57(82)56-60(85)72-49(29-2)62(87)80(26)69(94-27)68(93)77(23)53(39-43(9)10)65(90)81(35-32-31-34-73(18)19)55(45(13)14)67(92)74(20)50(36-40(3)4)59(84)70-47(16)58(83)71-48(17)61(86)75(21)51(37-41(5)6)63(88)76(22)52(38-42(7)8)64(89)78(24)54(44(11)12)66(91)79(56)25/h28,30,40-57,69,82H,29,31-39H2,1-27H3,(H,70,84)(H,71,83)(H,72,85)/b30-28+/t46-,47+,48-,49+,50+,51+,52+,53+,54+,55+,56+,57-,69?/m1/s1. The summed E-state index contributed by atoms with van der Waals surface area (Å²) in [6, 6.07) is -12.7. The molecule has 11 amide bonds. The quantitative estimate of drug-likeness (QED) is 0.0922. The first-order chi connectivity index (χ1) is 43.5. The maximum atomic E-state index is 15.7. The summed E-state index contributed by atoms with van der Waals surface area (Å²) in [6.07, 6.45) is 2.26. The van der Waals surface area contributed by atoms with E-state index in [4.69, 9.17) is 4.74 Å². The van der Waals surface area contributed by atoms with Crippen molar-refractivity contribution >= 4 is 65.0 Å². The van der Waals surface area contributed by atoms with Gasteiger partial charge in [0.1, 0.15) is 60.4 Å². The molecule has 1 fully saturated rings. The average Bonchev–Trinajstić information content (AvgIpc) is 0.806. The van der Waals surface area contributed by atoms with Gasteiger partial charge in [0.2, 0.25) is 65.3 Å². The number of carbonyl (C=O) groups is 11. The lowest BCUT2D eigenvalue weighted by Gasteiger charge is -2.42. The van der Waals surface area contributed by atoms with Crippen LogP contribution in [0.1, 0.15) is 169 Å². The molecule has 1 aliphatic heterocycles. The minimum absolute atomic E-state index is 0.0374. The average molecular weight is 1330 g/mol. The predicted octanol–water partition coefficient (Wildman–Crippen LogP) is 4.30. The van der Waals surface area contributed by atoms with Crippen LogP contribution in [0.5, 0.6) is 0 Å². The highest BCUT2D eigenvalue weighted by atomic mass is 16.5. The molecule has 0 spiro atoms. The molecule has 25 nitrogen and oxygen atoms in total. The maximum Gasteiger partial charge on any atom is 0.273 e. The minimum Gasteiger partial charge on any atom is -0.390 e. The van der Waals surface area contributed by atoms with Crippen molar-refractivity contribution in [2.24, 2.45) is 41.4 Å². The van der Waals surface area contributed by atoms with Crippen LogP contribution in [0.2, 0.25) is 0 Å². The molecule has 1 heterocycles. The van der Waals surface area contributed by atoms with E-state index in [9.17, 15) is 24.3 Å². The summed E-state index contributed by atoms with van der Waals surface area (Å²) in [5.41, 5.74) is 0. The van der Waals surface area contributed by atoms with Gasteiger partial charge < -0.3 is 69.9 Å². The third-order valence-electron chi connectivity index (χ3n) is 17.9. The fourth-order valence-corrected chi connectivity index (χ4v) is 12.2. The number of amides is 11. The van der Waals surface area contributed by atoms with E-state index in [1.807, 2.05) is 74.4 Å². The van der Waals surface area contributed by atoms with Crippen LogP contribution >= 0.6 is 0 Å². The summed E-state index contributed by atoms with van der Waals surface area (Å²) >= 11 is 0. The highest BCUT2D eigenvalue weighted by Gasteiger charge is 2.47. The van der Waals surface area contributed by atoms with Crippen molar-refractivity contribution in [1.29, 1.82) is 0 Å². The summed E-state index contributed by atoms with van der Waals surface area (Å²) in [4.78, 5) is 177. The zero-order valence-corrected chi connectivity index (χ0v) is 62.6. The van der Waals surface area contributed by atoms with Gasteiger partial charge >= 0.3 is 0 Å². The third kappa shape index (κ3) is 23.9. The van der Waals surface area contributed by atoms with Gasteiger partial charge in [0.15, 0.2) is 0 Å². The number of rotatable bonds is 21. The Morgan fingerprint density at radius 2 is 0.894 bits per heavy atom. The van der Waals surface area contributed by atoms with Crippen LogP contribution in [0.4, 0.5) is 0 Å². The van der Waals surface area contributed by atoms with Gasteiger partial charge in [-0.3, -0.25) is 52.7 Å². The number of nitrogens with one attached hydrogen (secondary N) is 3. The SMILES string of the molecule is C/C=C/C[C@@H](C)[C@@H](O)[C@H]1C(=O)N[C@@H](CC)C(=O)N(C)C(OC)C(=O)N(C)[C@@H](CC(C)C)C(=O)N(CCCCN(C)C)[C@@H](C(C)C)C(=O)N(C)[C@@H](CC(C)C)C(=O)N[C@@H](C)C(=O)N[C@H](C)C(=O)N(C)[C@@H](CC(C)C)C(=O)N(C)[C@@H](CC(C)C)C(=O)N(C)[C@@H](C(C)C)C(=O)N1C. The van der Waals surface area contributed by atoms with E-state index in [1.165, 1.54) is 99.7 Å². The Kier molecular flexibility index (Phi) is 36.3. The summed E-state index contributed by atoms with van der Waals surface area (Å²) in [6.45, 7) is 30.9. The van der Waals surface area contributed by atoms with Crippen LogP contribution in [0.25, 0.3) is 0 Å². The lowest BCUT2D eigenvalue weighted by Crippen LogP contribution is -2.64. The highest BCUT2D eigenvalue weighted by molar-refractivity contribution is 6.00. The largest absolute Gasteiger partial charge is 0.390 e. The Labute approximate surface area is 564 Å². The molecular formula is C69H126N12O13. The number of aliphatic hydroxyl groups is 1. The normalized spacial score (nSPS) is 26.5. The zero-order chi connectivity index (χ0) is 72.8. The van der Waals surface area contributed by atoms with Gasteiger partial charge in [0.25, 0.3) is 5.91 Å². The third-order valence-corrected chi connectivity index (χ3v) is 17.9. The fraction of sp³-hybridized carbons (Fsp3) is 0.812. The number of hydrogen-bond donors (Lipinski definition) is 4.